The van der Waals surface area contributed by atoms with Gasteiger partial charge in [-0.25, -0.2) is 0 Å². The molecule has 0 saturated carbocycles. The summed E-state index contributed by atoms with van der Waals surface area (Å²) in [5.74, 6) is 1.83. The van der Waals surface area contributed by atoms with E-state index in [2.05, 4.69) is 41.2 Å². The van der Waals surface area contributed by atoms with Gasteiger partial charge in [0, 0.05) is 12.2 Å². The second-order valence-corrected chi connectivity index (χ2v) is 5.47. The fraction of sp³-hybridized carbons (Fsp3) is 0.533. The quantitative estimate of drug-likeness (QED) is 0.908. The summed E-state index contributed by atoms with van der Waals surface area (Å²) in [5.41, 5.74) is 1.82. The van der Waals surface area contributed by atoms with Crippen LogP contribution in [0, 0.1) is 12.8 Å². The number of nitrogens with zero attached hydrogens (tertiary/aromatic N) is 3. The molecule has 2 heterocycles. The Morgan fingerprint density at radius 2 is 2.00 bits per heavy atom. The van der Waals surface area contributed by atoms with E-state index in [1.54, 1.807) is 6.20 Å². The maximum Gasteiger partial charge on any atom is 0.231 e. The summed E-state index contributed by atoms with van der Waals surface area (Å²) in [6.07, 6.45) is 1.74. The van der Waals surface area contributed by atoms with Crippen molar-refractivity contribution in [1.82, 2.24) is 20.4 Å². The van der Waals surface area contributed by atoms with Gasteiger partial charge in [0.25, 0.3) is 0 Å². The van der Waals surface area contributed by atoms with Crippen LogP contribution in [-0.4, -0.2) is 28.2 Å². The van der Waals surface area contributed by atoms with Crippen molar-refractivity contribution >= 4 is 0 Å². The van der Waals surface area contributed by atoms with Crippen molar-refractivity contribution in [2.75, 3.05) is 7.05 Å². The first-order valence-corrected chi connectivity index (χ1v) is 6.97. The van der Waals surface area contributed by atoms with E-state index in [-0.39, 0.29) is 12.0 Å². The third kappa shape index (κ3) is 2.88. The Hall–Kier alpha value is -1.75. The van der Waals surface area contributed by atoms with Crippen molar-refractivity contribution in [2.45, 2.75) is 39.7 Å². The van der Waals surface area contributed by atoms with Gasteiger partial charge in [0.2, 0.25) is 11.7 Å². The molecule has 0 aliphatic heterocycles. The predicted octanol–water partition coefficient (Wildman–Crippen LogP) is 2.79. The number of hydrogen-bond donors (Lipinski definition) is 1. The molecule has 0 amide bonds. The Balaban J connectivity index is 2.35. The van der Waals surface area contributed by atoms with Crippen LogP contribution < -0.4 is 5.32 Å². The maximum absolute atomic E-state index is 5.48. The van der Waals surface area contributed by atoms with Crippen molar-refractivity contribution in [3.8, 4) is 11.5 Å². The summed E-state index contributed by atoms with van der Waals surface area (Å²) in [7, 11) is 1.94. The van der Waals surface area contributed by atoms with Gasteiger partial charge in [-0.2, -0.15) is 4.98 Å². The van der Waals surface area contributed by atoms with Gasteiger partial charge in [-0.15, -0.1) is 0 Å². The standard InChI is InChI=1S/C15H22N4O/c1-9(2)12(11(4)16-5)15-18-14(19-20-15)13-10(3)7-6-8-17-13/h6-9,11-12,16H,1-5H3. The lowest BCUT2D eigenvalue weighted by Gasteiger charge is -2.23. The molecule has 20 heavy (non-hydrogen) atoms. The predicted molar refractivity (Wildman–Crippen MR) is 78.4 cm³/mol. The van der Waals surface area contributed by atoms with Gasteiger partial charge in [0.05, 0.1) is 5.92 Å². The van der Waals surface area contributed by atoms with Gasteiger partial charge in [0.1, 0.15) is 5.69 Å². The molecule has 0 fully saturated rings. The first kappa shape index (κ1) is 14.7. The third-order valence-electron chi connectivity index (χ3n) is 3.66. The van der Waals surface area contributed by atoms with Crippen LogP contribution >= 0.6 is 0 Å². The second-order valence-electron chi connectivity index (χ2n) is 5.47. The van der Waals surface area contributed by atoms with Crippen LogP contribution in [0.25, 0.3) is 11.5 Å². The molecule has 108 valence electrons. The summed E-state index contributed by atoms with van der Waals surface area (Å²) >= 11 is 0. The first-order valence-electron chi connectivity index (χ1n) is 6.97. The lowest BCUT2D eigenvalue weighted by molar-refractivity contribution is 0.286. The number of hydrogen-bond acceptors (Lipinski definition) is 5. The molecule has 0 aliphatic rings. The summed E-state index contributed by atoms with van der Waals surface area (Å²) < 4.78 is 5.48. The average molecular weight is 274 g/mol. The highest BCUT2D eigenvalue weighted by atomic mass is 16.5. The number of rotatable bonds is 5. The molecule has 5 heteroatoms. The van der Waals surface area contributed by atoms with Crippen LogP contribution in [-0.2, 0) is 0 Å². The SMILES string of the molecule is CNC(C)C(c1nc(-c2ncccc2C)no1)C(C)C. The van der Waals surface area contributed by atoms with Gasteiger partial charge in [-0.3, -0.25) is 4.98 Å². The molecule has 2 aromatic heterocycles. The monoisotopic (exact) mass is 274 g/mol. The van der Waals surface area contributed by atoms with Gasteiger partial charge in [-0.05, 0) is 38.4 Å². The number of aryl methyl sites for hydroxylation is 1. The zero-order valence-electron chi connectivity index (χ0n) is 12.7. The Bertz CT molecular complexity index is 565. The zero-order chi connectivity index (χ0) is 14.7. The smallest absolute Gasteiger partial charge is 0.231 e. The molecule has 1 N–H and O–H groups in total. The molecular formula is C15H22N4O. The highest BCUT2D eigenvalue weighted by Crippen LogP contribution is 2.28. The number of pyridine rings is 1. The van der Waals surface area contributed by atoms with E-state index >= 15 is 0 Å². The van der Waals surface area contributed by atoms with Gasteiger partial charge in [0.15, 0.2) is 0 Å². The van der Waals surface area contributed by atoms with Crippen molar-refractivity contribution in [3.63, 3.8) is 0 Å². The first-order chi connectivity index (χ1) is 9.54. The normalized spacial score (nSPS) is 14.5. The minimum Gasteiger partial charge on any atom is -0.339 e. The summed E-state index contributed by atoms with van der Waals surface area (Å²) in [6.45, 7) is 8.44. The largest absolute Gasteiger partial charge is 0.339 e. The Morgan fingerprint density at radius 1 is 1.25 bits per heavy atom. The van der Waals surface area contributed by atoms with Crippen molar-refractivity contribution in [2.24, 2.45) is 5.92 Å². The highest BCUT2D eigenvalue weighted by Gasteiger charge is 2.28. The van der Waals surface area contributed by atoms with E-state index < -0.39 is 0 Å². The molecule has 5 nitrogen and oxygen atoms in total. The highest BCUT2D eigenvalue weighted by molar-refractivity contribution is 5.53. The van der Waals surface area contributed by atoms with Crippen LogP contribution in [0.4, 0.5) is 0 Å². The van der Waals surface area contributed by atoms with E-state index in [1.165, 1.54) is 0 Å². The van der Waals surface area contributed by atoms with Crippen LogP contribution in [0.1, 0.15) is 38.1 Å². The molecular weight excluding hydrogens is 252 g/mol. The Morgan fingerprint density at radius 3 is 2.60 bits per heavy atom. The van der Waals surface area contributed by atoms with Gasteiger partial charge in [-0.1, -0.05) is 25.1 Å². The Kier molecular flexibility index (Phi) is 4.49. The third-order valence-corrected chi connectivity index (χ3v) is 3.66. The van der Waals surface area contributed by atoms with Gasteiger partial charge < -0.3 is 9.84 Å². The van der Waals surface area contributed by atoms with Crippen molar-refractivity contribution in [3.05, 3.63) is 29.8 Å². The maximum atomic E-state index is 5.48. The van der Waals surface area contributed by atoms with E-state index in [9.17, 15) is 0 Å². The molecule has 2 rings (SSSR count). The average Bonchev–Trinajstić information content (AvgIpc) is 2.88. The molecule has 0 aromatic carbocycles. The molecule has 0 spiro atoms. The number of nitrogens with one attached hydrogen (secondary N) is 1. The molecule has 0 bridgehead atoms. The topological polar surface area (TPSA) is 63.8 Å². The fourth-order valence-corrected chi connectivity index (χ4v) is 2.44. The van der Waals surface area contributed by atoms with Crippen molar-refractivity contribution in [1.29, 1.82) is 0 Å². The summed E-state index contributed by atoms with van der Waals surface area (Å²) in [4.78, 5) is 8.88. The van der Waals surface area contributed by atoms with Crippen molar-refractivity contribution < 1.29 is 4.52 Å². The lowest BCUT2D eigenvalue weighted by atomic mass is 9.89. The fourth-order valence-electron chi connectivity index (χ4n) is 2.44. The van der Waals surface area contributed by atoms with E-state index in [4.69, 9.17) is 4.52 Å². The number of likely N-dealkylation sites (N-methyl/N-ethyl adjacent to an activating group) is 1. The van der Waals surface area contributed by atoms with E-state index in [1.807, 2.05) is 26.1 Å². The lowest BCUT2D eigenvalue weighted by Crippen LogP contribution is -2.32. The van der Waals surface area contributed by atoms with Gasteiger partial charge >= 0.3 is 0 Å². The van der Waals surface area contributed by atoms with Crippen LogP contribution in [0.5, 0.6) is 0 Å². The summed E-state index contributed by atoms with van der Waals surface area (Å²) in [5, 5.41) is 7.35. The molecule has 2 unspecified atom stereocenters. The minimum atomic E-state index is 0.185. The van der Waals surface area contributed by atoms with Crippen LogP contribution in [0.15, 0.2) is 22.9 Å². The second kappa shape index (κ2) is 6.13. The molecule has 0 aliphatic carbocycles. The van der Waals surface area contributed by atoms with E-state index in [0.717, 1.165) is 11.3 Å². The molecule has 2 aromatic rings. The number of aromatic nitrogens is 3. The Labute approximate surface area is 119 Å². The zero-order valence-corrected chi connectivity index (χ0v) is 12.7. The molecule has 0 radical (unpaired) electrons. The molecule has 0 saturated heterocycles. The minimum absolute atomic E-state index is 0.185. The molecule has 2 atom stereocenters. The summed E-state index contributed by atoms with van der Waals surface area (Å²) in [6, 6.07) is 4.17. The van der Waals surface area contributed by atoms with E-state index in [0.29, 0.717) is 17.6 Å². The van der Waals surface area contributed by atoms with Crippen LogP contribution in [0.2, 0.25) is 0 Å². The van der Waals surface area contributed by atoms with Crippen LogP contribution in [0.3, 0.4) is 0 Å².